The van der Waals surface area contributed by atoms with E-state index in [1.54, 1.807) is 6.07 Å². The zero-order valence-electron chi connectivity index (χ0n) is 11.6. The van der Waals surface area contributed by atoms with E-state index in [4.69, 9.17) is 5.73 Å². The summed E-state index contributed by atoms with van der Waals surface area (Å²) in [5.74, 6) is -0.0151. The number of hydrogen-bond donors (Lipinski definition) is 1. The second-order valence-electron chi connectivity index (χ2n) is 4.78. The van der Waals surface area contributed by atoms with Crippen LogP contribution in [-0.4, -0.2) is 12.8 Å². The number of benzene rings is 2. The minimum absolute atomic E-state index is 0.0151. The fourth-order valence-corrected chi connectivity index (χ4v) is 2.47. The van der Waals surface area contributed by atoms with E-state index in [-0.39, 0.29) is 5.78 Å². The Kier molecular flexibility index (Phi) is 4.45. The lowest BCUT2D eigenvalue weighted by molar-refractivity contribution is 0.101. The van der Waals surface area contributed by atoms with Gasteiger partial charge in [-0.1, -0.05) is 34.1 Å². The third-order valence-electron chi connectivity index (χ3n) is 3.22. The van der Waals surface area contributed by atoms with E-state index >= 15 is 0 Å². The van der Waals surface area contributed by atoms with Gasteiger partial charge in [0.1, 0.15) is 0 Å². The summed E-state index contributed by atoms with van der Waals surface area (Å²) in [7, 11) is 1.99. The van der Waals surface area contributed by atoms with Crippen molar-refractivity contribution in [2.45, 2.75) is 13.5 Å². The van der Waals surface area contributed by atoms with Gasteiger partial charge < -0.3 is 10.6 Å². The van der Waals surface area contributed by atoms with Crippen molar-refractivity contribution in [3.63, 3.8) is 0 Å². The molecule has 0 aromatic heterocycles. The van der Waals surface area contributed by atoms with Crippen LogP contribution in [0.4, 0.5) is 11.4 Å². The van der Waals surface area contributed by atoms with E-state index in [0.717, 1.165) is 16.7 Å². The van der Waals surface area contributed by atoms with Gasteiger partial charge in [-0.25, -0.2) is 0 Å². The van der Waals surface area contributed by atoms with Crippen LogP contribution >= 0.6 is 15.9 Å². The number of ketones is 1. The Hall–Kier alpha value is -1.81. The molecule has 104 valence electrons. The molecule has 0 atom stereocenters. The van der Waals surface area contributed by atoms with Crippen molar-refractivity contribution in [3.8, 4) is 0 Å². The van der Waals surface area contributed by atoms with Crippen LogP contribution in [-0.2, 0) is 6.54 Å². The largest absolute Gasteiger partial charge is 0.398 e. The van der Waals surface area contributed by atoms with Crippen molar-refractivity contribution in [2.75, 3.05) is 17.7 Å². The van der Waals surface area contributed by atoms with Crippen LogP contribution in [0, 0.1) is 0 Å². The highest BCUT2D eigenvalue weighted by Crippen LogP contribution is 2.24. The van der Waals surface area contributed by atoms with Crippen LogP contribution < -0.4 is 10.6 Å². The lowest BCUT2D eigenvalue weighted by Gasteiger charge is -2.21. The van der Waals surface area contributed by atoms with Crippen LogP contribution in [0.5, 0.6) is 0 Å². The van der Waals surface area contributed by atoms with E-state index in [0.29, 0.717) is 11.3 Å². The Labute approximate surface area is 127 Å². The predicted molar refractivity (Wildman–Crippen MR) is 87.1 cm³/mol. The van der Waals surface area contributed by atoms with Crippen LogP contribution in [0.15, 0.2) is 46.9 Å². The Balaban J connectivity index is 2.26. The van der Waals surface area contributed by atoms with Gasteiger partial charge in [0.2, 0.25) is 0 Å². The predicted octanol–water partition coefficient (Wildman–Crippen LogP) is 3.87. The van der Waals surface area contributed by atoms with Crippen LogP contribution in [0.2, 0.25) is 0 Å². The van der Waals surface area contributed by atoms with Crippen molar-refractivity contribution < 1.29 is 4.79 Å². The van der Waals surface area contributed by atoms with E-state index in [2.05, 4.69) is 26.9 Å². The summed E-state index contributed by atoms with van der Waals surface area (Å²) in [5.41, 5.74) is 9.08. The molecule has 4 heteroatoms. The molecule has 0 unspecified atom stereocenters. The van der Waals surface area contributed by atoms with Crippen molar-refractivity contribution in [1.29, 1.82) is 0 Å². The van der Waals surface area contributed by atoms with Gasteiger partial charge in [-0.05, 0) is 36.8 Å². The maximum absolute atomic E-state index is 11.5. The van der Waals surface area contributed by atoms with Crippen LogP contribution in [0.1, 0.15) is 22.8 Å². The van der Waals surface area contributed by atoms with Gasteiger partial charge in [0.15, 0.2) is 5.78 Å². The van der Waals surface area contributed by atoms with Crippen molar-refractivity contribution >= 4 is 33.1 Å². The Morgan fingerprint density at radius 2 is 1.95 bits per heavy atom. The molecule has 2 rings (SSSR count). The smallest absolute Gasteiger partial charge is 0.161 e. The third kappa shape index (κ3) is 3.20. The van der Waals surface area contributed by atoms with E-state index < -0.39 is 0 Å². The zero-order valence-corrected chi connectivity index (χ0v) is 13.1. The summed E-state index contributed by atoms with van der Waals surface area (Å²) in [6.07, 6.45) is 0. The highest BCUT2D eigenvalue weighted by molar-refractivity contribution is 9.10. The van der Waals surface area contributed by atoms with Crippen LogP contribution in [0.3, 0.4) is 0 Å². The number of Topliss-reactive ketones (excluding diaryl/α,β-unsaturated/α-hetero) is 1. The van der Waals surface area contributed by atoms with Gasteiger partial charge in [0.25, 0.3) is 0 Å². The highest BCUT2D eigenvalue weighted by Gasteiger charge is 2.09. The summed E-state index contributed by atoms with van der Waals surface area (Å²) < 4.78 is 1.08. The molecule has 0 amide bonds. The molecule has 3 nitrogen and oxygen atoms in total. The summed E-state index contributed by atoms with van der Waals surface area (Å²) in [6.45, 7) is 2.28. The SMILES string of the molecule is CC(=O)c1cc(N(C)Cc2ccccc2Br)ccc1N. The first-order chi connectivity index (χ1) is 9.49. The monoisotopic (exact) mass is 332 g/mol. The minimum Gasteiger partial charge on any atom is -0.398 e. The number of rotatable bonds is 4. The Morgan fingerprint density at radius 1 is 1.25 bits per heavy atom. The van der Waals surface area contributed by atoms with Gasteiger partial charge in [0, 0.05) is 35.0 Å². The number of hydrogen-bond acceptors (Lipinski definition) is 3. The average Bonchev–Trinajstić information content (AvgIpc) is 2.41. The molecule has 2 aromatic rings. The Bertz CT molecular complexity index is 640. The molecular weight excluding hydrogens is 316 g/mol. The van der Waals surface area contributed by atoms with Crippen molar-refractivity contribution in [1.82, 2.24) is 0 Å². The average molecular weight is 333 g/mol. The fourth-order valence-electron chi connectivity index (χ4n) is 2.06. The Morgan fingerprint density at radius 3 is 2.60 bits per heavy atom. The number of carbonyl (C=O) groups is 1. The molecule has 0 saturated carbocycles. The van der Waals surface area contributed by atoms with Gasteiger partial charge in [-0.3, -0.25) is 4.79 Å². The first kappa shape index (κ1) is 14.6. The van der Waals surface area contributed by atoms with E-state index in [1.165, 1.54) is 12.5 Å². The molecule has 0 heterocycles. The van der Waals surface area contributed by atoms with Crippen molar-refractivity contribution in [2.24, 2.45) is 0 Å². The number of nitrogen functional groups attached to an aromatic ring is 1. The highest BCUT2D eigenvalue weighted by atomic mass is 79.9. The summed E-state index contributed by atoms with van der Waals surface area (Å²) in [6, 6.07) is 13.6. The summed E-state index contributed by atoms with van der Waals surface area (Å²) >= 11 is 3.55. The molecular formula is C16H17BrN2O. The first-order valence-corrected chi connectivity index (χ1v) is 7.13. The third-order valence-corrected chi connectivity index (χ3v) is 4.00. The minimum atomic E-state index is -0.0151. The zero-order chi connectivity index (χ0) is 14.7. The number of nitrogens with zero attached hydrogens (tertiary/aromatic N) is 1. The van der Waals surface area contributed by atoms with Gasteiger partial charge in [-0.15, -0.1) is 0 Å². The number of halogens is 1. The molecule has 0 aliphatic carbocycles. The molecule has 2 N–H and O–H groups in total. The van der Waals surface area contributed by atoms with E-state index in [1.807, 2.05) is 37.4 Å². The number of carbonyl (C=O) groups excluding carboxylic acids is 1. The second-order valence-corrected chi connectivity index (χ2v) is 5.63. The van der Waals surface area contributed by atoms with Gasteiger partial charge in [0.05, 0.1) is 0 Å². The molecule has 0 spiro atoms. The van der Waals surface area contributed by atoms with Gasteiger partial charge in [-0.2, -0.15) is 0 Å². The molecule has 0 bridgehead atoms. The quantitative estimate of drug-likeness (QED) is 0.682. The lowest BCUT2D eigenvalue weighted by Crippen LogP contribution is -2.17. The number of nitrogens with two attached hydrogens (primary N) is 1. The summed E-state index contributed by atoms with van der Waals surface area (Å²) in [5, 5.41) is 0. The van der Waals surface area contributed by atoms with Gasteiger partial charge >= 0.3 is 0 Å². The summed E-state index contributed by atoms with van der Waals surface area (Å²) in [4.78, 5) is 13.6. The lowest BCUT2D eigenvalue weighted by atomic mass is 10.1. The molecule has 20 heavy (non-hydrogen) atoms. The molecule has 0 aliphatic heterocycles. The molecule has 2 aromatic carbocycles. The number of anilines is 2. The van der Waals surface area contributed by atoms with Crippen molar-refractivity contribution in [3.05, 3.63) is 58.1 Å². The second kappa shape index (κ2) is 6.09. The van der Waals surface area contributed by atoms with Crippen LogP contribution in [0.25, 0.3) is 0 Å². The molecule has 0 aliphatic rings. The molecule has 0 saturated heterocycles. The molecule has 0 radical (unpaired) electrons. The topological polar surface area (TPSA) is 46.3 Å². The maximum Gasteiger partial charge on any atom is 0.161 e. The van der Waals surface area contributed by atoms with E-state index in [9.17, 15) is 4.79 Å². The molecule has 0 fully saturated rings. The first-order valence-electron chi connectivity index (χ1n) is 6.34. The normalized spacial score (nSPS) is 10.3. The maximum atomic E-state index is 11.5. The standard InChI is InChI=1S/C16H17BrN2O/c1-11(20)14-9-13(7-8-16(14)18)19(2)10-12-5-3-4-6-15(12)17/h3-9H,10,18H2,1-2H3. The fraction of sp³-hybridized carbons (Fsp3) is 0.188.